The molecule has 0 aliphatic heterocycles. The van der Waals surface area contributed by atoms with E-state index in [1.807, 2.05) is 0 Å². The first-order valence-electron chi connectivity index (χ1n) is 5.01. The van der Waals surface area contributed by atoms with Crippen molar-refractivity contribution in [3.05, 3.63) is 36.4 Å². The fraction of sp³-hybridized carbons (Fsp3) is 0. The summed E-state index contributed by atoms with van der Waals surface area (Å²) in [6.45, 7) is 0. The minimum Gasteiger partial charge on any atom is -0.477 e. The van der Waals surface area contributed by atoms with Gasteiger partial charge in [0.1, 0.15) is 5.69 Å². The Morgan fingerprint density at radius 2 is 2.11 bits per heavy atom. The third kappa shape index (κ3) is 1.67. The number of aromatic nitrogens is 4. The largest absolute Gasteiger partial charge is 0.477 e. The molecule has 1 N–H and O–H groups in total. The van der Waals surface area contributed by atoms with Crippen molar-refractivity contribution in [1.82, 2.24) is 19.9 Å². The Balaban J connectivity index is 2.14. The molecule has 0 saturated heterocycles. The first-order chi connectivity index (χ1) is 8.74. The lowest BCUT2D eigenvalue weighted by Crippen LogP contribution is -1.99. The topological polar surface area (TPSA) is 102 Å². The van der Waals surface area contributed by atoms with E-state index in [-0.39, 0.29) is 17.2 Å². The second kappa shape index (κ2) is 3.88. The molecule has 3 heterocycles. The van der Waals surface area contributed by atoms with Crippen molar-refractivity contribution in [2.45, 2.75) is 0 Å². The predicted octanol–water partition coefficient (Wildman–Crippen LogP) is 1.38. The van der Waals surface area contributed by atoms with Crippen LogP contribution < -0.4 is 0 Å². The molecule has 0 amide bonds. The summed E-state index contributed by atoms with van der Waals surface area (Å²) in [5.74, 6) is -0.853. The second-order valence-corrected chi connectivity index (χ2v) is 3.43. The highest BCUT2D eigenvalue weighted by Crippen LogP contribution is 2.20. The quantitative estimate of drug-likeness (QED) is 0.723. The number of fused-ring (bicyclic) bond motifs is 1. The smallest absolute Gasteiger partial charge is 0.354 e. The van der Waals surface area contributed by atoms with Crippen LogP contribution in [0.3, 0.4) is 0 Å². The second-order valence-electron chi connectivity index (χ2n) is 3.43. The SMILES string of the molecule is O=C(O)c1ccc2oc(-c3cnccn3)nc2n1. The highest BCUT2D eigenvalue weighted by atomic mass is 16.4. The lowest BCUT2D eigenvalue weighted by atomic mass is 10.3. The van der Waals surface area contributed by atoms with Gasteiger partial charge in [-0.2, -0.15) is 4.98 Å². The molecule has 0 unspecified atom stereocenters. The fourth-order valence-corrected chi connectivity index (χ4v) is 1.46. The summed E-state index contributed by atoms with van der Waals surface area (Å²) >= 11 is 0. The summed E-state index contributed by atoms with van der Waals surface area (Å²) in [5, 5.41) is 8.82. The number of nitrogens with zero attached hydrogens (tertiary/aromatic N) is 4. The van der Waals surface area contributed by atoms with E-state index in [4.69, 9.17) is 9.52 Å². The fourth-order valence-electron chi connectivity index (χ4n) is 1.46. The van der Waals surface area contributed by atoms with E-state index in [1.165, 1.54) is 30.7 Å². The third-order valence-electron chi connectivity index (χ3n) is 2.25. The van der Waals surface area contributed by atoms with Crippen molar-refractivity contribution >= 4 is 17.2 Å². The van der Waals surface area contributed by atoms with Crippen LogP contribution in [0.2, 0.25) is 0 Å². The zero-order valence-electron chi connectivity index (χ0n) is 8.94. The van der Waals surface area contributed by atoms with Crippen molar-refractivity contribution in [1.29, 1.82) is 0 Å². The molecule has 0 aliphatic rings. The van der Waals surface area contributed by atoms with Crippen LogP contribution in [0.1, 0.15) is 10.5 Å². The molecule has 0 saturated carbocycles. The van der Waals surface area contributed by atoms with Gasteiger partial charge in [0.25, 0.3) is 0 Å². The van der Waals surface area contributed by atoms with Gasteiger partial charge < -0.3 is 9.52 Å². The maximum Gasteiger partial charge on any atom is 0.354 e. The highest BCUT2D eigenvalue weighted by molar-refractivity contribution is 5.88. The molecule has 3 aromatic rings. The van der Waals surface area contributed by atoms with Crippen molar-refractivity contribution < 1.29 is 14.3 Å². The number of pyridine rings is 1. The van der Waals surface area contributed by atoms with Crippen LogP contribution in [0.5, 0.6) is 0 Å². The Labute approximate surface area is 100 Å². The van der Waals surface area contributed by atoms with Crippen LogP contribution in [0.15, 0.2) is 35.1 Å². The molecular weight excluding hydrogens is 236 g/mol. The lowest BCUT2D eigenvalue weighted by molar-refractivity contribution is 0.0691. The average Bonchev–Trinajstić information content (AvgIpc) is 2.82. The number of aromatic carboxylic acids is 1. The van der Waals surface area contributed by atoms with Crippen LogP contribution in [0, 0.1) is 0 Å². The molecule has 88 valence electrons. The number of hydrogen-bond donors (Lipinski definition) is 1. The molecule has 0 aromatic carbocycles. The van der Waals surface area contributed by atoms with Crippen molar-refractivity contribution in [3.8, 4) is 11.6 Å². The summed E-state index contributed by atoms with van der Waals surface area (Å²) < 4.78 is 5.42. The van der Waals surface area contributed by atoms with Crippen LogP contribution in [-0.4, -0.2) is 31.0 Å². The Kier molecular flexibility index (Phi) is 2.23. The number of carboxylic acids is 1. The minimum absolute atomic E-state index is 0.0819. The monoisotopic (exact) mass is 242 g/mol. The number of hydrogen-bond acceptors (Lipinski definition) is 6. The average molecular weight is 242 g/mol. The first kappa shape index (κ1) is 10.3. The third-order valence-corrected chi connectivity index (χ3v) is 2.25. The van der Waals surface area contributed by atoms with Gasteiger partial charge in [0.15, 0.2) is 16.9 Å². The molecule has 3 aromatic heterocycles. The maximum atomic E-state index is 10.8. The van der Waals surface area contributed by atoms with Gasteiger partial charge in [-0.1, -0.05) is 0 Å². The Hall–Kier alpha value is -2.83. The Morgan fingerprint density at radius 3 is 2.83 bits per heavy atom. The molecular formula is C11H6N4O3. The zero-order valence-corrected chi connectivity index (χ0v) is 8.94. The molecule has 3 rings (SSSR count). The predicted molar refractivity (Wildman–Crippen MR) is 59.8 cm³/mol. The highest BCUT2D eigenvalue weighted by Gasteiger charge is 2.13. The minimum atomic E-state index is -1.11. The summed E-state index contributed by atoms with van der Waals surface area (Å²) in [6, 6.07) is 2.87. The number of carbonyl (C=O) groups is 1. The van der Waals surface area contributed by atoms with E-state index in [0.29, 0.717) is 11.3 Å². The van der Waals surface area contributed by atoms with Gasteiger partial charge in [-0.05, 0) is 12.1 Å². The molecule has 18 heavy (non-hydrogen) atoms. The molecule has 0 radical (unpaired) electrons. The lowest BCUT2D eigenvalue weighted by Gasteiger charge is -1.90. The van der Waals surface area contributed by atoms with Crippen LogP contribution in [0.4, 0.5) is 0 Å². The van der Waals surface area contributed by atoms with E-state index < -0.39 is 5.97 Å². The van der Waals surface area contributed by atoms with Gasteiger partial charge in [-0.15, -0.1) is 0 Å². The van der Waals surface area contributed by atoms with E-state index in [9.17, 15) is 4.79 Å². The number of rotatable bonds is 2. The summed E-state index contributed by atoms with van der Waals surface area (Å²) in [7, 11) is 0. The van der Waals surface area contributed by atoms with Crippen LogP contribution in [-0.2, 0) is 0 Å². The maximum absolute atomic E-state index is 10.8. The van der Waals surface area contributed by atoms with Gasteiger partial charge in [-0.3, -0.25) is 4.98 Å². The summed E-state index contributed by atoms with van der Waals surface area (Å²) in [6.07, 6.45) is 4.55. The van der Waals surface area contributed by atoms with Gasteiger partial charge in [-0.25, -0.2) is 14.8 Å². The molecule has 0 aliphatic carbocycles. The van der Waals surface area contributed by atoms with Gasteiger partial charge in [0.2, 0.25) is 5.89 Å². The standard InChI is InChI=1S/C11H6N4O3/c16-11(17)6-1-2-8-9(14-6)15-10(18-8)7-5-12-3-4-13-7/h1-5H,(H,16,17). The van der Waals surface area contributed by atoms with Crippen molar-refractivity contribution in [3.63, 3.8) is 0 Å². The normalized spacial score (nSPS) is 10.7. The van der Waals surface area contributed by atoms with Gasteiger partial charge >= 0.3 is 5.97 Å². The Morgan fingerprint density at radius 1 is 1.22 bits per heavy atom. The van der Waals surface area contributed by atoms with Gasteiger partial charge in [0.05, 0.1) is 6.20 Å². The van der Waals surface area contributed by atoms with Gasteiger partial charge in [0, 0.05) is 12.4 Å². The van der Waals surface area contributed by atoms with E-state index in [1.54, 1.807) is 0 Å². The van der Waals surface area contributed by atoms with Crippen LogP contribution >= 0.6 is 0 Å². The van der Waals surface area contributed by atoms with Crippen LogP contribution in [0.25, 0.3) is 22.8 Å². The van der Waals surface area contributed by atoms with E-state index >= 15 is 0 Å². The molecule has 7 nitrogen and oxygen atoms in total. The van der Waals surface area contributed by atoms with E-state index in [2.05, 4.69) is 19.9 Å². The summed E-state index contributed by atoms with van der Waals surface area (Å²) in [5.41, 5.74) is 1.02. The molecule has 0 bridgehead atoms. The summed E-state index contributed by atoms with van der Waals surface area (Å²) in [4.78, 5) is 26.7. The Bertz CT molecular complexity index is 723. The molecule has 0 spiro atoms. The van der Waals surface area contributed by atoms with Crippen molar-refractivity contribution in [2.75, 3.05) is 0 Å². The first-order valence-corrected chi connectivity index (χ1v) is 5.01. The van der Waals surface area contributed by atoms with Crippen molar-refractivity contribution in [2.24, 2.45) is 0 Å². The van der Waals surface area contributed by atoms with E-state index in [0.717, 1.165) is 0 Å². The molecule has 7 heteroatoms. The number of carboxylic acid groups (broad SMARTS) is 1. The number of oxazole rings is 1. The molecule has 0 atom stereocenters. The molecule has 0 fully saturated rings. The zero-order chi connectivity index (χ0) is 12.5.